The van der Waals surface area contributed by atoms with Crippen molar-refractivity contribution in [2.75, 3.05) is 13.1 Å². The zero-order chi connectivity index (χ0) is 13.0. The van der Waals surface area contributed by atoms with Crippen LogP contribution in [0.5, 0.6) is 0 Å². The Bertz CT molecular complexity index is 407. The van der Waals surface area contributed by atoms with Crippen LogP contribution in [0.4, 0.5) is 0 Å². The molecule has 0 aliphatic carbocycles. The Labute approximate surface area is 111 Å². The monoisotopic (exact) mass is 268 g/mol. The highest BCUT2D eigenvalue weighted by Crippen LogP contribution is 2.17. The first-order valence-corrected chi connectivity index (χ1v) is 7.28. The molecule has 0 spiro atoms. The molecule has 18 heavy (non-hydrogen) atoms. The van der Waals surface area contributed by atoms with E-state index in [2.05, 4.69) is 22.2 Å². The van der Waals surface area contributed by atoms with Gasteiger partial charge in [-0.2, -0.15) is 0 Å². The summed E-state index contributed by atoms with van der Waals surface area (Å²) in [6.45, 7) is 4.50. The molecule has 2 heterocycles. The summed E-state index contributed by atoms with van der Waals surface area (Å²) in [6, 6.07) is 0.672. The van der Waals surface area contributed by atoms with Crippen molar-refractivity contribution in [3.63, 3.8) is 0 Å². The molecule has 0 aromatic carbocycles. The van der Waals surface area contributed by atoms with Crippen LogP contribution in [0.2, 0.25) is 0 Å². The summed E-state index contributed by atoms with van der Waals surface area (Å²) in [4.78, 5) is 18.1. The predicted octanol–water partition coefficient (Wildman–Crippen LogP) is 1.16. The maximum Gasteiger partial charge on any atom is 0.284 e. The number of nitrogen functional groups attached to an aromatic ring is 1. The second-order valence-corrected chi connectivity index (χ2v) is 5.67. The van der Waals surface area contributed by atoms with E-state index in [1.165, 1.54) is 37.1 Å². The van der Waals surface area contributed by atoms with E-state index >= 15 is 0 Å². The maximum absolute atomic E-state index is 11.3. The average Bonchev–Trinajstić information content (AvgIpc) is 2.86. The number of rotatable bonds is 4. The van der Waals surface area contributed by atoms with Gasteiger partial charge in [-0.1, -0.05) is 6.42 Å². The lowest BCUT2D eigenvalue weighted by Crippen LogP contribution is -2.38. The van der Waals surface area contributed by atoms with Gasteiger partial charge in [-0.3, -0.25) is 10.2 Å². The molecule has 0 radical (unpaired) electrons. The normalized spacial score (nSPS) is 20.9. The summed E-state index contributed by atoms with van der Waals surface area (Å²) in [5.74, 6) is 4.76. The Balaban J connectivity index is 1.86. The van der Waals surface area contributed by atoms with Crippen LogP contribution in [0.1, 0.15) is 41.7 Å². The molecular weight excluding hydrogens is 248 g/mol. The van der Waals surface area contributed by atoms with Gasteiger partial charge in [-0.15, -0.1) is 11.3 Å². The molecule has 1 saturated heterocycles. The highest BCUT2D eigenvalue weighted by atomic mass is 32.1. The van der Waals surface area contributed by atoms with E-state index in [9.17, 15) is 4.79 Å². The second kappa shape index (κ2) is 6.26. The number of piperidine rings is 1. The number of likely N-dealkylation sites (tertiary alicyclic amines) is 1. The molecule has 0 bridgehead atoms. The van der Waals surface area contributed by atoms with E-state index in [4.69, 9.17) is 5.84 Å². The van der Waals surface area contributed by atoms with Gasteiger partial charge in [0.25, 0.3) is 5.91 Å². The Morgan fingerprint density at radius 2 is 2.50 bits per heavy atom. The van der Waals surface area contributed by atoms with Gasteiger partial charge in [0.05, 0.1) is 5.01 Å². The van der Waals surface area contributed by atoms with E-state index in [1.54, 1.807) is 5.38 Å². The summed E-state index contributed by atoms with van der Waals surface area (Å²) in [5, 5.41) is 2.77. The second-order valence-electron chi connectivity index (χ2n) is 4.73. The molecule has 3 N–H and O–H groups in total. The number of hydrogen-bond donors (Lipinski definition) is 2. The van der Waals surface area contributed by atoms with Crippen LogP contribution in [-0.4, -0.2) is 34.9 Å². The molecule has 1 unspecified atom stereocenters. The number of carbonyl (C=O) groups excluding carboxylic acids is 1. The van der Waals surface area contributed by atoms with Crippen molar-refractivity contribution in [1.82, 2.24) is 15.3 Å². The molecule has 0 saturated carbocycles. The van der Waals surface area contributed by atoms with Crippen LogP contribution in [0.3, 0.4) is 0 Å². The van der Waals surface area contributed by atoms with Gasteiger partial charge in [0.15, 0.2) is 0 Å². The van der Waals surface area contributed by atoms with Crippen LogP contribution in [0.25, 0.3) is 0 Å². The number of nitrogens with one attached hydrogen (secondary N) is 1. The average molecular weight is 268 g/mol. The standard InChI is InChI=1S/C12H20N4OS/c1-9-4-2-3-6-16(9)7-5-11-14-10(8-18-11)12(17)15-13/h8-9H,2-7,13H2,1H3,(H,15,17). The van der Waals surface area contributed by atoms with Gasteiger partial charge in [0.2, 0.25) is 0 Å². The molecule has 6 heteroatoms. The molecule has 1 fully saturated rings. The minimum Gasteiger partial charge on any atom is -0.300 e. The summed E-state index contributed by atoms with van der Waals surface area (Å²) in [5.41, 5.74) is 2.52. The SMILES string of the molecule is CC1CCCCN1CCc1nc(C(=O)NN)cs1. The van der Waals surface area contributed by atoms with Crippen molar-refractivity contribution in [2.45, 2.75) is 38.6 Å². The summed E-state index contributed by atoms with van der Waals surface area (Å²) < 4.78 is 0. The Hall–Kier alpha value is -0.980. The number of carbonyl (C=O) groups is 1. The molecule has 5 nitrogen and oxygen atoms in total. The fourth-order valence-electron chi connectivity index (χ4n) is 2.33. The van der Waals surface area contributed by atoms with Gasteiger partial charge in [0.1, 0.15) is 5.69 Å². The third kappa shape index (κ3) is 3.28. The summed E-state index contributed by atoms with van der Waals surface area (Å²) >= 11 is 1.53. The fraction of sp³-hybridized carbons (Fsp3) is 0.667. The minimum atomic E-state index is -0.316. The van der Waals surface area contributed by atoms with E-state index in [-0.39, 0.29) is 5.91 Å². The molecular formula is C12H20N4OS. The van der Waals surface area contributed by atoms with Crippen LogP contribution in [0, 0.1) is 0 Å². The number of hydrogen-bond acceptors (Lipinski definition) is 5. The number of amides is 1. The zero-order valence-corrected chi connectivity index (χ0v) is 11.5. The number of nitrogens with zero attached hydrogens (tertiary/aromatic N) is 2. The summed E-state index contributed by atoms with van der Waals surface area (Å²) in [7, 11) is 0. The third-order valence-corrected chi connectivity index (χ3v) is 4.38. The van der Waals surface area contributed by atoms with Crippen molar-refractivity contribution in [3.05, 3.63) is 16.1 Å². The van der Waals surface area contributed by atoms with Crippen molar-refractivity contribution < 1.29 is 4.79 Å². The van der Waals surface area contributed by atoms with Crippen molar-refractivity contribution in [2.24, 2.45) is 5.84 Å². The van der Waals surface area contributed by atoms with Crippen molar-refractivity contribution in [1.29, 1.82) is 0 Å². The first-order chi connectivity index (χ1) is 8.70. The first kappa shape index (κ1) is 13.5. The van der Waals surface area contributed by atoms with Crippen LogP contribution in [0.15, 0.2) is 5.38 Å². The van der Waals surface area contributed by atoms with Crippen LogP contribution >= 0.6 is 11.3 Å². The topological polar surface area (TPSA) is 71.2 Å². The smallest absolute Gasteiger partial charge is 0.284 e. The molecule has 1 atom stereocenters. The van der Waals surface area contributed by atoms with E-state index < -0.39 is 0 Å². The van der Waals surface area contributed by atoms with Gasteiger partial charge in [-0.25, -0.2) is 10.8 Å². The Kier molecular flexibility index (Phi) is 4.68. The zero-order valence-electron chi connectivity index (χ0n) is 10.7. The summed E-state index contributed by atoms with van der Waals surface area (Å²) in [6.07, 6.45) is 4.84. The molecule has 2 rings (SSSR count). The van der Waals surface area contributed by atoms with Gasteiger partial charge >= 0.3 is 0 Å². The van der Waals surface area contributed by atoms with Gasteiger partial charge < -0.3 is 4.90 Å². The van der Waals surface area contributed by atoms with E-state index in [0.717, 1.165) is 18.0 Å². The molecule has 1 aliphatic rings. The van der Waals surface area contributed by atoms with Crippen molar-refractivity contribution >= 4 is 17.2 Å². The molecule has 1 aromatic rings. The first-order valence-electron chi connectivity index (χ1n) is 6.40. The van der Waals surface area contributed by atoms with Crippen LogP contribution in [-0.2, 0) is 6.42 Å². The van der Waals surface area contributed by atoms with Gasteiger partial charge in [-0.05, 0) is 26.3 Å². The van der Waals surface area contributed by atoms with E-state index in [1.807, 2.05) is 0 Å². The number of hydrazine groups is 1. The number of nitrogens with two attached hydrogens (primary N) is 1. The van der Waals surface area contributed by atoms with Gasteiger partial charge in [0, 0.05) is 24.4 Å². The molecule has 1 amide bonds. The van der Waals surface area contributed by atoms with Crippen LogP contribution < -0.4 is 11.3 Å². The maximum atomic E-state index is 11.3. The molecule has 1 aliphatic heterocycles. The highest BCUT2D eigenvalue weighted by molar-refractivity contribution is 7.09. The highest BCUT2D eigenvalue weighted by Gasteiger charge is 2.18. The molecule has 1 aromatic heterocycles. The Morgan fingerprint density at radius 1 is 1.67 bits per heavy atom. The van der Waals surface area contributed by atoms with E-state index in [0.29, 0.717) is 11.7 Å². The third-order valence-electron chi connectivity index (χ3n) is 3.47. The molecule has 100 valence electrons. The number of thiazole rings is 1. The minimum absolute atomic E-state index is 0.316. The largest absolute Gasteiger partial charge is 0.300 e. The quantitative estimate of drug-likeness (QED) is 0.488. The lowest BCUT2D eigenvalue weighted by molar-refractivity contribution is 0.0949. The lowest BCUT2D eigenvalue weighted by Gasteiger charge is -2.32. The Morgan fingerprint density at radius 3 is 3.22 bits per heavy atom. The fourth-order valence-corrected chi connectivity index (χ4v) is 3.10. The number of aromatic nitrogens is 1. The van der Waals surface area contributed by atoms with Crippen molar-refractivity contribution in [3.8, 4) is 0 Å². The predicted molar refractivity (Wildman–Crippen MR) is 72.4 cm³/mol. The lowest BCUT2D eigenvalue weighted by atomic mass is 10.0.